The molecule has 0 unspecified atom stereocenters. The Morgan fingerprint density at radius 3 is 2.43 bits per heavy atom. The standard InChI is InChI=1S/C17H22FN3/c1-4-9-19-10-8-16-12(2)20-17(21-13(16)3)14-6-5-7-15(18)11-14/h5-7,11,19H,4,8-10H2,1-3H3. The van der Waals surface area contributed by atoms with E-state index in [1.165, 1.54) is 17.7 Å². The summed E-state index contributed by atoms with van der Waals surface area (Å²) in [6, 6.07) is 6.41. The third-order valence-corrected chi connectivity index (χ3v) is 3.48. The van der Waals surface area contributed by atoms with Crippen LogP contribution in [0.4, 0.5) is 4.39 Å². The fraction of sp³-hybridized carbons (Fsp3) is 0.412. The van der Waals surface area contributed by atoms with Crippen molar-refractivity contribution in [1.29, 1.82) is 0 Å². The Bertz CT molecular complexity index is 588. The van der Waals surface area contributed by atoms with E-state index >= 15 is 0 Å². The van der Waals surface area contributed by atoms with Crippen LogP contribution in [0.25, 0.3) is 11.4 Å². The summed E-state index contributed by atoms with van der Waals surface area (Å²) in [7, 11) is 0. The van der Waals surface area contributed by atoms with Crippen LogP contribution in [0, 0.1) is 19.7 Å². The molecule has 0 aliphatic heterocycles. The largest absolute Gasteiger partial charge is 0.316 e. The van der Waals surface area contributed by atoms with Gasteiger partial charge in [-0.1, -0.05) is 19.1 Å². The van der Waals surface area contributed by atoms with Crippen molar-refractivity contribution in [2.24, 2.45) is 0 Å². The van der Waals surface area contributed by atoms with Crippen LogP contribution in [-0.2, 0) is 6.42 Å². The maximum atomic E-state index is 13.3. The van der Waals surface area contributed by atoms with Crippen molar-refractivity contribution in [2.45, 2.75) is 33.6 Å². The third-order valence-electron chi connectivity index (χ3n) is 3.48. The van der Waals surface area contributed by atoms with Gasteiger partial charge in [-0.25, -0.2) is 14.4 Å². The molecule has 0 aliphatic carbocycles. The molecule has 2 aromatic rings. The summed E-state index contributed by atoms with van der Waals surface area (Å²) in [6.45, 7) is 8.10. The average Bonchev–Trinajstić information content (AvgIpc) is 2.45. The zero-order valence-corrected chi connectivity index (χ0v) is 12.9. The fourth-order valence-corrected chi connectivity index (χ4v) is 2.37. The van der Waals surface area contributed by atoms with E-state index in [1.54, 1.807) is 6.07 Å². The predicted octanol–water partition coefficient (Wildman–Crippen LogP) is 3.44. The molecule has 112 valence electrons. The number of halogens is 1. The van der Waals surface area contributed by atoms with Crippen molar-refractivity contribution < 1.29 is 4.39 Å². The first-order valence-corrected chi connectivity index (χ1v) is 7.42. The van der Waals surface area contributed by atoms with Crippen LogP contribution < -0.4 is 5.32 Å². The number of hydrogen-bond acceptors (Lipinski definition) is 3. The Kier molecular flexibility index (Phi) is 5.39. The second kappa shape index (κ2) is 7.27. The van der Waals surface area contributed by atoms with Gasteiger partial charge in [0.05, 0.1) is 0 Å². The van der Waals surface area contributed by atoms with Gasteiger partial charge < -0.3 is 5.32 Å². The molecule has 3 nitrogen and oxygen atoms in total. The summed E-state index contributed by atoms with van der Waals surface area (Å²) in [5, 5.41) is 3.39. The predicted molar refractivity (Wildman–Crippen MR) is 83.8 cm³/mol. The molecule has 21 heavy (non-hydrogen) atoms. The van der Waals surface area contributed by atoms with Crippen molar-refractivity contribution in [1.82, 2.24) is 15.3 Å². The minimum atomic E-state index is -0.265. The first-order valence-electron chi connectivity index (χ1n) is 7.42. The SMILES string of the molecule is CCCNCCc1c(C)nc(-c2cccc(F)c2)nc1C. The molecule has 4 heteroatoms. The lowest BCUT2D eigenvalue weighted by atomic mass is 10.1. The number of nitrogens with one attached hydrogen (secondary N) is 1. The lowest BCUT2D eigenvalue weighted by Gasteiger charge is -2.11. The first kappa shape index (κ1) is 15.6. The topological polar surface area (TPSA) is 37.8 Å². The van der Waals surface area contributed by atoms with Crippen LogP contribution in [0.3, 0.4) is 0 Å². The van der Waals surface area contributed by atoms with E-state index in [2.05, 4.69) is 22.2 Å². The van der Waals surface area contributed by atoms with E-state index < -0.39 is 0 Å². The van der Waals surface area contributed by atoms with Crippen molar-refractivity contribution in [3.8, 4) is 11.4 Å². The highest BCUT2D eigenvalue weighted by atomic mass is 19.1. The highest BCUT2D eigenvalue weighted by Gasteiger charge is 2.10. The van der Waals surface area contributed by atoms with E-state index in [9.17, 15) is 4.39 Å². The quantitative estimate of drug-likeness (QED) is 0.827. The Balaban J connectivity index is 2.20. The molecule has 2 rings (SSSR count). The zero-order valence-electron chi connectivity index (χ0n) is 12.9. The summed E-state index contributed by atoms with van der Waals surface area (Å²) in [4.78, 5) is 9.08. The van der Waals surface area contributed by atoms with Gasteiger partial charge in [-0.15, -0.1) is 0 Å². The number of benzene rings is 1. The Morgan fingerprint density at radius 1 is 1.10 bits per heavy atom. The molecule has 0 bridgehead atoms. The van der Waals surface area contributed by atoms with E-state index in [4.69, 9.17) is 0 Å². The van der Waals surface area contributed by atoms with E-state index in [0.717, 1.165) is 42.9 Å². The number of hydrogen-bond donors (Lipinski definition) is 1. The number of aryl methyl sites for hydroxylation is 2. The van der Waals surface area contributed by atoms with Gasteiger partial charge in [0.15, 0.2) is 5.82 Å². The maximum absolute atomic E-state index is 13.3. The molecule has 1 aromatic heterocycles. The van der Waals surface area contributed by atoms with Crippen molar-refractivity contribution >= 4 is 0 Å². The Labute approximate surface area is 125 Å². The fourth-order valence-electron chi connectivity index (χ4n) is 2.37. The molecule has 0 spiro atoms. The highest BCUT2D eigenvalue weighted by molar-refractivity contribution is 5.55. The molecule has 0 saturated carbocycles. The molecule has 1 N–H and O–H groups in total. The van der Waals surface area contributed by atoms with Gasteiger partial charge in [0, 0.05) is 17.0 Å². The molecule has 0 amide bonds. The van der Waals surface area contributed by atoms with Gasteiger partial charge in [0.25, 0.3) is 0 Å². The van der Waals surface area contributed by atoms with Gasteiger partial charge in [0.2, 0.25) is 0 Å². The zero-order chi connectivity index (χ0) is 15.2. The summed E-state index contributed by atoms with van der Waals surface area (Å²) in [6.07, 6.45) is 2.05. The summed E-state index contributed by atoms with van der Waals surface area (Å²) >= 11 is 0. The number of nitrogens with zero attached hydrogens (tertiary/aromatic N) is 2. The van der Waals surface area contributed by atoms with E-state index in [1.807, 2.05) is 19.9 Å². The maximum Gasteiger partial charge on any atom is 0.159 e. The second-order valence-electron chi connectivity index (χ2n) is 5.21. The van der Waals surface area contributed by atoms with Crippen LogP contribution in [0.1, 0.15) is 30.3 Å². The summed E-state index contributed by atoms with van der Waals surface area (Å²) < 4.78 is 13.3. The van der Waals surface area contributed by atoms with Gasteiger partial charge in [-0.2, -0.15) is 0 Å². The molecule has 1 aromatic carbocycles. The highest BCUT2D eigenvalue weighted by Crippen LogP contribution is 2.19. The molecule has 0 saturated heterocycles. The minimum absolute atomic E-state index is 0.265. The lowest BCUT2D eigenvalue weighted by molar-refractivity contribution is 0.628. The van der Waals surface area contributed by atoms with Gasteiger partial charge in [-0.3, -0.25) is 0 Å². The molecule has 0 radical (unpaired) electrons. The summed E-state index contributed by atoms with van der Waals surface area (Å²) in [5.74, 6) is 0.328. The van der Waals surface area contributed by atoms with Gasteiger partial charge in [-0.05, 0) is 57.5 Å². The lowest BCUT2D eigenvalue weighted by Crippen LogP contribution is -2.19. The van der Waals surface area contributed by atoms with Crippen LogP contribution >= 0.6 is 0 Å². The molecule has 0 atom stereocenters. The van der Waals surface area contributed by atoms with Crippen molar-refractivity contribution in [2.75, 3.05) is 13.1 Å². The monoisotopic (exact) mass is 287 g/mol. The number of rotatable bonds is 6. The van der Waals surface area contributed by atoms with Crippen LogP contribution in [0.2, 0.25) is 0 Å². The Morgan fingerprint density at radius 2 is 1.81 bits per heavy atom. The Hall–Kier alpha value is -1.81. The van der Waals surface area contributed by atoms with E-state index in [0.29, 0.717) is 5.82 Å². The molecule has 0 fully saturated rings. The normalized spacial score (nSPS) is 10.9. The van der Waals surface area contributed by atoms with Gasteiger partial charge >= 0.3 is 0 Å². The third kappa shape index (κ3) is 4.08. The molecular weight excluding hydrogens is 265 g/mol. The number of aromatic nitrogens is 2. The second-order valence-corrected chi connectivity index (χ2v) is 5.21. The van der Waals surface area contributed by atoms with Crippen molar-refractivity contribution in [3.63, 3.8) is 0 Å². The van der Waals surface area contributed by atoms with Crippen LogP contribution in [0.5, 0.6) is 0 Å². The van der Waals surface area contributed by atoms with Gasteiger partial charge in [0.1, 0.15) is 5.82 Å². The van der Waals surface area contributed by atoms with Crippen molar-refractivity contribution in [3.05, 3.63) is 47.0 Å². The smallest absolute Gasteiger partial charge is 0.159 e. The van der Waals surface area contributed by atoms with E-state index in [-0.39, 0.29) is 5.82 Å². The van der Waals surface area contributed by atoms with Crippen LogP contribution in [0.15, 0.2) is 24.3 Å². The first-order chi connectivity index (χ1) is 10.1. The molecular formula is C17H22FN3. The molecule has 1 heterocycles. The minimum Gasteiger partial charge on any atom is -0.316 e. The average molecular weight is 287 g/mol. The summed E-state index contributed by atoms with van der Waals surface area (Å²) in [5.41, 5.74) is 3.84. The van der Waals surface area contributed by atoms with Crippen LogP contribution in [-0.4, -0.2) is 23.1 Å². The molecule has 0 aliphatic rings.